The first-order valence-electron chi connectivity index (χ1n) is 8.63. The fourth-order valence-corrected chi connectivity index (χ4v) is 3.33. The van der Waals surface area contributed by atoms with Gasteiger partial charge in [-0.15, -0.1) is 0 Å². The number of carbonyl (C=O) groups is 1. The lowest BCUT2D eigenvalue weighted by atomic mass is 10.2. The van der Waals surface area contributed by atoms with Crippen LogP contribution < -0.4 is 15.1 Å². The minimum absolute atomic E-state index is 0.129. The lowest BCUT2D eigenvalue weighted by Crippen LogP contribution is -3.13. The number of rotatable bonds is 4. The van der Waals surface area contributed by atoms with E-state index in [2.05, 4.69) is 4.90 Å². The van der Waals surface area contributed by atoms with E-state index >= 15 is 0 Å². The number of halogens is 4. The smallest absolute Gasteiger partial charge is 0.360 e. The molecule has 1 heterocycles. The maximum Gasteiger partial charge on any atom is 0.471 e. The Morgan fingerprint density at radius 2 is 1.70 bits per heavy atom. The highest BCUT2D eigenvalue weighted by Gasteiger charge is 2.38. The largest absolute Gasteiger partial charge is 0.471 e. The third kappa shape index (κ3) is 5.14. The van der Waals surface area contributed by atoms with E-state index in [1.165, 1.54) is 17.0 Å². The summed E-state index contributed by atoms with van der Waals surface area (Å²) in [6.07, 6.45) is -4.89. The zero-order valence-corrected chi connectivity index (χ0v) is 15.3. The molecular formula is C19H20ClF3N3O+. The topological polar surface area (TPSA) is 36.8 Å². The van der Waals surface area contributed by atoms with Crippen molar-refractivity contribution in [2.45, 2.75) is 12.7 Å². The van der Waals surface area contributed by atoms with E-state index < -0.39 is 12.1 Å². The van der Waals surface area contributed by atoms with Gasteiger partial charge in [-0.2, -0.15) is 13.2 Å². The van der Waals surface area contributed by atoms with Crippen molar-refractivity contribution in [1.29, 1.82) is 0 Å². The summed E-state index contributed by atoms with van der Waals surface area (Å²) in [6.45, 7) is 4.44. The molecular weight excluding hydrogens is 379 g/mol. The summed E-state index contributed by atoms with van der Waals surface area (Å²) in [6, 6.07) is 14.3. The number of carbonyl (C=O) groups excluding carboxylic acids is 1. The molecule has 0 unspecified atom stereocenters. The lowest BCUT2D eigenvalue weighted by molar-refractivity contribution is -0.914. The predicted molar refractivity (Wildman–Crippen MR) is 99.2 cm³/mol. The number of hydrogen-bond acceptors (Lipinski definition) is 2. The van der Waals surface area contributed by atoms with Crippen molar-refractivity contribution < 1.29 is 22.9 Å². The minimum atomic E-state index is -4.89. The molecule has 0 aromatic heterocycles. The Morgan fingerprint density at radius 3 is 2.30 bits per heavy atom. The first-order valence-corrected chi connectivity index (χ1v) is 9.01. The Hall–Kier alpha value is -2.25. The Labute approximate surface area is 160 Å². The molecule has 2 aromatic rings. The summed E-state index contributed by atoms with van der Waals surface area (Å²) < 4.78 is 36.9. The van der Waals surface area contributed by atoms with E-state index in [9.17, 15) is 18.0 Å². The number of amides is 1. The number of alkyl halides is 3. The van der Waals surface area contributed by atoms with Crippen LogP contribution in [0.15, 0.2) is 48.5 Å². The molecule has 1 amide bonds. The number of nitrogens with one attached hydrogen (secondary N) is 2. The SMILES string of the molecule is O=C(Nc1ccc(N2CC[NH+](Cc3ccccc3Cl)CC2)cc1)C(F)(F)F. The third-order valence-electron chi connectivity index (χ3n) is 4.62. The van der Waals surface area contributed by atoms with Gasteiger partial charge >= 0.3 is 12.1 Å². The Morgan fingerprint density at radius 1 is 1.07 bits per heavy atom. The monoisotopic (exact) mass is 398 g/mol. The number of hydrogen-bond donors (Lipinski definition) is 2. The van der Waals surface area contributed by atoms with Crippen LogP contribution in [0.3, 0.4) is 0 Å². The second-order valence-electron chi connectivity index (χ2n) is 6.50. The second kappa shape index (κ2) is 8.19. The molecule has 0 aliphatic carbocycles. The van der Waals surface area contributed by atoms with Gasteiger partial charge in [-0.3, -0.25) is 4.79 Å². The van der Waals surface area contributed by atoms with E-state index in [1.54, 1.807) is 12.1 Å². The van der Waals surface area contributed by atoms with Crippen LogP contribution in [0.5, 0.6) is 0 Å². The van der Waals surface area contributed by atoms with Crippen LogP contribution >= 0.6 is 11.6 Å². The van der Waals surface area contributed by atoms with Crippen molar-refractivity contribution in [2.24, 2.45) is 0 Å². The van der Waals surface area contributed by atoms with E-state index in [0.717, 1.165) is 49.0 Å². The van der Waals surface area contributed by atoms with E-state index in [-0.39, 0.29) is 5.69 Å². The highest BCUT2D eigenvalue weighted by Crippen LogP contribution is 2.21. The number of benzene rings is 2. The van der Waals surface area contributed by atoms with Gasteiger partial charge in [0.1, 0.15) is 6.54 Å². The van der Waals surface area contributed by atoms with Crippen LogP contribution in [0.25, 0.3) is 0 Å². The average molecular weight is 399 g/mol. The summed E-state index contributed by atoms with van der Waals surface area (Å²) in [5.74, 6) is -1.97. The first kappa shape index (κ1) is 19.5. The number of anilines is 2. The summed E-state index contributed by atoms with van der Waals surface area (Å²) in [5, 5.41) is 2.63. The molecule has 0 atom stereocenters. The molecule has 3 rings (SSSR count). The summed E-state index contributed by atoms with van der Waals surface area (Å²) in [5.41, 5.74) is 2.19. The molecule has 0 radical (unpaired) electrons. The van der Waals surface area contributed by atoms with Crippen LogP contribution in [0, 0.1) is 0 Å². The molecule has 27 heavy (non-hydrogen) atoms. The van der Waals surface area contributed by atoms with Gasteiger partial charge in [0.25, 0.3) is 0 Å². The van der Waals surface area contributed by atoms with Crippen LogP contribution in [-0.2, 0) is 11.3 Å². The van der Waals surface area contributed by atoms with Gasteiger partial charge in [-0.05, 0) is 30.3 Å². The van der Waals surface area contributed by atoms with Crippen molar-refractivity contribution in [3.8, 4) is 0 Å². The van der Waals surface area contributed by atoms with Gasteiger partial charge in [0, 0.05) is 22.0 Å². The summed E-state index contributed by atoms with van der Waals surface area (Å²) in [4.78, 5) is 14.6. The van der Waals surface area contributed by atoms with E-state index in [4.69, 9.17) is 11.6 Å². The zero-order chi connectivity index (χ0) is 19.4. The fraction of sp³-hybridized carbons (Fsp3) is 0.316. The van der Waals surface area contributed by atoms with Gasteiger partial charge in [0.15, 0.2) is 0 Å². The molecule has 1 fully saturated rings. The van der Waals surface area contributed by atoms with Gasteiger partial charge in [0.2, 0.25) is 0 Å². The van der Waals surface area contributed by atoms with Crippen molar-refractivity contribution in [3.63, 3.8) is 0 Å². The van der Waals surface area contributed by atoms with Gasteiger partial charge in [-0.25, -0.2) is 0 Å². The molecule has 144 valence electrons. The molecule has 1 aliphatic rings. The van der Waals surface area contributed by atoms with Crippen molar-refractivity contribution >= 4 is 28.9 Å². The van der Waals surface area contributed by atoms with Gasteiger partial charge in [-0.1, -0.05) is 29.8 Å². The Balaban J connectivity index is 1.54. The molecule has 1 aliphatic heterocycles. The average Bonchev–Trinajstić information content (AvgIpc) is 2.64. The van der Waals surface area contributed by atoms with Crippen molar-refractivity contribution in [2.75, 3.05) is 36.4 Å². The van der Waals surface area contributed by atoms with Crippen LogP contribution in [0.2, 0.25) is 5.02 Å². The highest BCUT2D eigenvalue weighted by atomic mass is 35.5. The van der Waals surface area contributed by atoms with E-state index in [1.807, 2.05) is 29.6 Å². The zero-order valence-electron chi connectivity index (χ0n) is 14.5. The normalized spacial score (nSPS) is 15.6. The van der Waals surface area contributed by atoms with Gasteiger partial charge < -0.3 is 15.1 Å². The Bertz CT molecular complexity index is 788. The molecule has 4 nitrogen and oxygen atoms in total. The number of nitrogens with zero attached hydrogens (tertiary/aromatic N) is 1. The van der Waals surface area contributed by atoms with Crippen LogP contribution in [-0.4, -0.2) is 38.3 Å². The minimum Gasteiger partial charge on any atom is -0.360 e. The van der Waals surface area contributed by atoms with Crippen molar-refractivity contribution in [3.05, 3.63) is 59.1 Å². The molecule has 1 saturated heterocycles. The van der Waals surface area contributed by atoms with Crippen molar-refractivity contribution in [1.82, 2.24) is 0 Å². The number of quaternary nitrogens is 1. The maximum absolute atomic E-state index is 12.3. The molecule has 2 aromatic carbocycles. The second-order valence-corrected chi connectivity index (χ2v) is 6.91. The fourth-order valence-electron chi connectivity index (χ4n) is 3.13. The third-order valence-corrected chi connectivity index (χ3v) is 4.99. The summed E-state index contributed by atoms with van der Waals surface area (Å²) >= 11 is 6.22. The highest BCUT2D eigenvalue weighted by molar-refractivity contribution is 6.31. The first-order chi connectivity index (χ1) is 12.8. The molecule has 8 heteroatoms. The van der Waals surface area contributed by atoms with Crippen LogP contribution in [0.4, 0.5) is 24.5 Å². The molecule has 0 bridgehead atoms. The van der Waals surface area contributed by atoms with Crippen LogP contribution in [0.1, 0.15) is 5.56 Å². The van der Waals surface area contributed by atoms with E-state index in [0.29, 0.717) is 0 Å². The maximum atomic E-state index is 12.3. The molecule has 0 spiro atoms. The number of piperazine rings is 1. The molecule has 0 saturated carbocycles. The quantitative estimate of drug-likeness (QED) is 0.831. The molecule has 2 N–H and O–H groups in total. The standard InChI is InChI=1S/C19H19ClF3N3O/c20-17-4-2-1-3-14(17)13-25-9-11-26(12-10-25)16-7-5-15(6-8-16)24-18(27)19(21,22)23/h1-8H,9-13H2,(H,24,27)/p+1. The lowest BCUT2D eigenvalue weighted by Gasteiger charge is -2.34. The Kier molecular flexibility index (Phi) is 5.92. The van der Waals surface area contributed by atoms with Gasteiger partial charge in [0.05, 0.1) is 26.2 Å². The predicted octanol–water partition coefficient (Wildman–Crippen LogP) is 2.75. The summed E-state index contributed by atoms with van der Waals surface area (Å²) in [7, 11) is 0.